The van der Waals surface area contributed by atoms with E-state index in [1.54, 1.807) is 11.0 Å². The minimum Gasteiger partial charge on any atom is -0.507 e. The Morgan fingerprint density at radius 1 is 1.20 bits per heavy atom. The maximum absolute atomic E-state index is 16.0. The molecule has 180 valence electrons. The number of carbonyl (C=O) groups is 1. The number of carbonyl (C=O) groups excluding carboxylic acids is 1. The molecule has 2 aromatic carbocycles. The first-order valence-corrected chi connectivity index (χ1v) is 11.4. The number of phenols is 1. The molecule has 3 N–H and O–H groups in total. The average Bonchev–Trinajstić information content (AvgIpc) is 2.84. The maximum Gasteiger partial charge on any atom is 0.246 e. The van der Waals surface area contributed by atoms with E-state index >= 15 is 4.39 Å². The molecule has 0 radical (unpaired) electrons. The molecular formula is C25H22ClF2N5O2. The Balaban J connectivity index is 1.72. The number of hydrogen-bond donors (Lipinski definition) is 3. The lowest BCUT2D eigenvalue weighted by molar-refractivity contribution is -0.126. The molecule has 2 aliphatic heterocycles. The molecule has 0 unspecified atom stereocenters. The van der Waals surface area contributed by atoms with Gasteiger partial charge in [-0.05, 0) is 24.3 Å². The molecular weight excluding hydrogens is 476 g/mol. The van der Waals surface area contributed by atoms with Crippen LogP contribution in [0.15, 0.2) is 49.3 Å². The smallest absolute Gasteiger partial charge is 0.246 e. The molecule has 0 saturated carbocycles. The molecule has 0 bridgehead atoms. The van der Waals surface area contributed by atoms with Gasteiger partial charge < -0.3 is 25.5 Å². The zero-order valence-electron chi connectivity index (χ0n) is 18.7. The predicted molar refractivity (Wildman–Crippen MR) is 132 cm³/mol. The van der Waals surface area contributed by atoms with E-state index in [4.69, 9.17) is 11.6 Å². The van der Waals surface area contributed by atoms with Gasteiger partial charge in [0.15, 0.2) is 5.82 Å². The number of benzene rings is 2. The number of nitrogens with zero attached hydrogens (tertiary/aromatic N) is 3. The number of phenolic OH excluding ortho intramolecular Hbond substituents is 1. The van der Waals surface area contributed by atoms with Crippen LogP contribution in [0.1, 0.15) is 5.56 Å². The molecule has 0 aliphatic carbocycles. The van der Waals surface area contributed by atoms with E-state index in [1.165, 1.54) is 18.2 Å². The average molecular weight is 498 g/mol. The van der Waals surface area contributed by atoms with Crippen LogP contribution in [0.4, 0.5) is 20.3 Å². The van der Waals surface area contributed by atoms with E-state index in [-0.39, 0.29) is 27.6 Å². The van der Waals surface area contributed by atoms with Gasteiger partial charge in [0.05, 0.1) is 22.1 Å². The number of amides is 1. The minimum absolute atomic E-state index is 0.0207. The lowest BCUT2D eigenvalue weighted by Gasteiger charge is -2.38. The first-order valence-electron chi connectivity index (χ1n) is 11.0. The highest BCUT2D eigenvalue weighted by Crippen LogP contribution is 2.45. The van der Waals surface area contributed by atoms with Crippen LogP contribution in [-0.4, -0.2) is 47.1 Å². The van der Waals surface area contributed by atoms with Crippen LogP contribution < -0.4 is 15.5 Å². The molecule has 0 spiro atoms. The second kappa shape index (κ2) is 8.74. The summed E-state index contributed by atoms with van der Waals surface area (Å²) in [6, 6.07) is 5.27. The van der Waals surface area contributed by atoms with Crippen molar-refractivity contribution in [1.29, 1.82) is 0 Å². The molecule has 3 aromatic rings. The zero-order chi connectivity index (χ0) is 24.9. The Kier molecular flexibility index (Phi) is 5.72. The summed E-state index contributed by atoms with van der Waals surface area (Å²) < 4.78 is 30.7. The summed E-state index contributed by atoms with van der Waals surface area (Å²) in [7, 11) is 0. The molecule has 1 aromatic heterocycles. The highest BCUT2D eigenvalue weighted by molar-refractivity contribution is 6.34. The number of hydrogen-bond acceptors (Lipinski definition) is 6. The molecule has 1 amide bonds. The monoisotopic (exact) mass is 497 g/mol. The molecule has 2 aliphatic rings. The van der Waals surface area contributed by atoms with E-state index in [0.717, 1.165) is 11.6 Å². The van der Waals surface area contributed by atoms with Crippen molar-refractivity contribution in [2.24, 2.45) is 0 Å². The molecule has 5 rings (SSSR count). The van der Waals surface area contributed by atoms with Crippen LogP contribution in [-0.2, 0) is 11.3 Å². The Labute approximate surface area is 205 Å². The number of fused-ring (bicyclic) bond motifs is 2. The summed E-state index contributed by atoms with van der Waals surface area (Å²) in [4.78, 5) is 20.3. The second-order valence-corrected chi connectivity index (χ2v) is 8.75. The third-order valence-electron chi connectivity index (χ3n) is 6.31. The zero-order valence-corrected chi connectivity index (χ0v) is 19.4. The summed E-state index contributed by atoms with van der Waals surface area (Å²) in [6.07, 6.45) is 1.29. The predicted octanol–water partition coefficient (Wildman–Crippen LogP) is 4.36. The number of aromatic hydroxyl groups is 1. The number of nitrogens with one attached hydrogen (secondary N) is 2. The number of halogens is 3. The van der Waals surface area contributed by atoms with Crippen LogP contribution in [0.2, 0.25) is 5.02 Å². The Morgan fingerprint density at radius 3 is 2.63 bits per heavy atom. The highest BCUT2D eigenvalue weighted by atomic mass is 35.5. The van der Waals surface area contributed by atoms with Crippen LogP contribution in [0.5, 0.6) is 5.75 Å². The number of rotatable bonds is 3. The SMILES string of the molecule is C=CC(=O)N1CCN(c2c3c(nc4c(F)c(-c5c(O)cccc5F)c(Cl)cc24)NC(=C)NC3)CC1. The quantitative estimate of drug-likeness (QED) is 0.467. The number of anilines is 2. The van der Waals surface area contributed by atoms with Gasteiger partial charge in [-0.2, -0.15) is 0 Å². The fraction of sp³-hybridized carbons (Fsp3) is 0.200. The van der Waals surface area contributed by atoms with Crippen molar-refractivity contribution in [2.75, 3.05) is 36.4 Å². The standard InChI is InChI=1S/C25H22ClF2N5O2/c1-3-19(35)32-7-9-33(10-8-32)24-14-11-16(26)20(21-17(27)5-4-6-18(21)34)22(28)23(14)31-25-15(24)12-29-13(2)30-25/h3-6,11,29,34H,1-2,7-10,12H2,(H,30,31). The van der Waals surface area contributed by atoms with Crippen molar-refractivity contribution < 1.29 is 18.7 Å². The van der Waals surface area contributed by atoms with Gasteiger partial charge >= 0.3 is 0 Å². The van der Waals surface area contributed by atoms with Gasteiger partial charge in [0, 0.05) is 49.2 Å². The number of pyridine rings is 1. The Morgan fingerprint density at radius 2 is 1.94 bits per heavy atom. The summed E-state index contributed by atoms with van der Waals surface area (Å²) in [5.74, 6) is -1.29. The van der Waals surface area contributed by atoms with E-state index in [9.17, 15) is 14.3 Å². The largest absolute Gasteiger partial charge is 0.507 e. The van der Waals surface area contributed by atoms with E-state index in [0.29, 0.717) is 55.4 Å². The number of piperazine rings is 1. The molecule has 0 atom stereocenters. The van der Waals surface area contributed by atoms with E-state index < -0.39 is 17.4 Å². The van der Waals surface area contributed by atoms with Crippen LogP contribution >= 0.6 is 11.6 Å². The molecule has 1 saturated heterocycles. The summed E-state index contributed by atoms with van der Waals surface area (Å²) in [5.41, 5.74) is 0.905. The van der Waals surface area contributed by atoms with E-state index in [2.05, 4.69) is 33.7 Å². The van der Waals surface area contributed by atoms with Gasteiger partial charge in [-0.1, -0.05) is 30.8 Å². The molecule has 1 fully saturated rings. The van der Waals surface area contributed by atoms with Crippen molar-refractivity contribution in [2.45, 2.75) is 6.54 Å². The fourth-order valence-electron chi connectivity index (χ4n) is 4.64. The first-order chi connectivity index (χ1) is 16.8. The maximum atomic E-state index is 16.0. The first kappa shape index (κ1) is 22.9. The van der Waals surface area contributed by atoms with Gasteiger partial charge in [-0.15, -0.1) is 0 Å². The van der Waals surface area contributed by atoms with Gasteiger partial charge in [-0.3, -0.25) is 4.79 Å². The van der Waals surface area contributed by atoms with Crippen LogP contribution in [0, 0.1) is 11.6 Å². The highest BCUT2D eigenvalue weighted by Gasteiger charge is 2.30. The Bertz CT molecular complexity index is 1380. The lowest BCUT2D eigenvalue weighted by atomic mass is 9.98. The third-order valence-corrected chi connectivity index (χ3v) is 6.61. The van der Waals surface area contributed by atoms with Crippen molar-refractivity contribution in [3.8, 4) is 16.9 Å². The van der Waals surface area contributed by atoms with Crippen molar-refractivity contribution in [3.05, 3.63) is 71.5 Å². The minimum atomic E-state index is -0.844. The van der Waals surface area contributed by atoms with Gasteiger partial charge in [0.2, 0.25) is 5.91 Å². The van der Waals surface area contributed by atoms with E-state index in [1.807, 2.05) is 0 Å². The molecule has 10 heteroatoms. The van der Waals surface area contributed by atoms with Gasteiger partial charge in [0.1, 0.15) is 22.9 Å². The topological polar surface area (TPSA) is 80.7 Å². The molecule has 3 heterocycles. The van der Waals surface area contributed by atoms with Crippen molar-refractivity contribution in [1.82, 2.24) is 15.2 Å². The van der Waals surface area contributed by atoms with Gasteiger partial charge in [-0.25, -0.2) is 13.8 Å². The number of aromatic nitrogens is 1. The summed E-state index contributed by atoms with van der Waals surface area (Å²) >= 11 is 6.51. The normalized spacial score (nSPS) is 15.5. The third kappa shape index (κ3) is 3.81. The van der Waals surface area contributed by atoms with Crippen molar-refractivity contribution >= 4 is 39.9 Å². The molecule has 7 nitrogen and oxygen atoms in total. The van der Waals surface area contributed by atoms with Crippen LogP contribution in [0.25, 0.3) is 22.0 Å². The van der Waals surface area contributed by atoms with Crippen molar-refractivity contribution in [3.63, 3.8) is 0 Å². The summed E-state index contributed by atoms with van der Waals surface area (Å²) in [5, 5.41) is 16.9. The fourth-order valence-corrected chi connectivity index (χ4v) is 4.92. The lowest BCUT2D eigenvalue weighted by Crippen LogP contribution is -2.49. The molecule has 35 heavy (non-hydrogen) atoms. The second-order valence-electron chi connectivity index (χ2n) is 8.34. The summed E-state index contributed by atoms with van der Waals surface area (Å²) in [6.45, 7) is 9.76. The van der Waals surface area contributed by atoms with Gasteiger partial charge in [0.25, 0.3) is 0 Å². The Hall–Kier alpha value is -3.85. The van der Waals surface area contributed by atoms with Crippen LogP contribution in [0.3, 0.4) is 0 Å².